The number of aliphatic hydroxyl groups is 1. The summed E-state index contributed by atoms with van der Waals surface area (Å²) in [6.07, 6.45) is 0.749. The van der Waals surface area contributed by atoms with Gasteiger partial charge < -0.3 is 14.6 Å². The molecule has 1 aliphatic rings. The van der Waals surface area contributed by atoms with E-state index in [0.29, 0.717) is 0 Å². The second-order valence-corrected chi connectivity index (χ2v) is 5.49. The summed E-state index contributed by atoms with van der Waals surface area (Å²) < 4.78 is 10.8. The summed E-state index contributed by atoms with van der Waals surface area (Å²) in [5.74, 6) is 0.811. The largest absolute Gasteiger partial charge is 0.497 e. The van der Waals surface area contributed by atoms with E-state index in [-0.39, 0.29) is 12.1 Å². The van der Waals surface area contributed by atoms with Crippen LogP contribution in [0.2, 0.25) is 0 Å². The first-order chi connectivity index (χ1) is 9.61. The second-order valence-electron chi connectivity index (χ2n) is 5.49. The maximum Gasteiger partial charge on any atom is 0.118 e. The van der Waals surface area contributed by atoms with E-state index in [9.17, 15) is 5.11 Å². The van der Waals surface area contributed by atoms with Crippen LogP contribution >= 0.6 is 0 Å². The predicted octanol–water partition coefficient (Wildman–Crippen LogP) is 2.23. The predicted molar refractivity (Wildman–Crippen MR) is 79.0 cm³/mol. The Hall–Kier alpha value is -1.10. The highest BCUT2D eigenvalue weighted by molar-refractivity contribution is 5.29. The molecule has 1 fully saturated rings. The van der Waals surface area contributed by atoms with Crippen molar-refractivity contribution in [2.45, 2.75) is 38.5 Å². The molecule has 0 radical (unpaired) electrons. The number of hydrogen-bond donors (Lipinski definition) is 1. The first-order valence-electron chi connectivity index (χ1n) is 7.29. The summed E-state index contributed by atoms with van der Waals surface area (Å²) in [6.45, 7) is 6.81. The molecule has 20 heavy (non-hydrogen) atoms. The van der Waals surface area contributed by atoms with Gasteiger partial charge in [0.1, 0.15) is 5.75 Å². The number of hydrogen-bond acceptors (Lipinski definition) is 4. The van der Waals surface area contributed by atoms with Gasteiger partial charge in [-0.05, 0) is 38.0 Å². The molecule has 3 atom stereocenters. The first-order valence-corrected chi connectivity index (χ1v) is 7.29. The lowest BCUT2D eigenvalue weighted by Gasteiger charge is -2.32. The monoisotopic (exact) mass is 279 g/mol. The molecule has 1 aromatic carbocycles. The van der Waals surface area contributed by atoms with Gasteiger partial charge in [-0.25, -0.2) is 0 Å². The number of methoxy groups -OCH3 is 1. The van der Waals surface area contributed by atoms with Gasteiger partial charge in [-0.1, -0.05) is 12.1 Å². The number of benzene rings is 1. The Morgan fingerprint density at radius 3 is 2.70 bits per heavy atom. The van der Waals surface area contributed by atoms with Crippen molar-refractivity contribution >= 4 is 0 Å². The fourth-order valence-electron chi connectivity index (χ4n) is 2.68. The lowest BCUT2D eigenvalue weighted by atomic mass is 10.0. The highest BCUT2D eigenvalue weighted by Gasteiger charge is 2.26. The molecule has 0 spiro atoms. The third-order valence-electron chi connectivity index (χ3n) is 3.97. The molecule has 0 bridgehead atoms. The number of ether oxygens (including phenoxy) is 2. The quantitative estimate of drug-likeness (QED) is 0.917. The summed E-state index contributed by atoms with van der Waals surface area (Å²) in [5, 5.41) is 10.6. The van der Waals surface area contributed by atoms with Crippen LogP contribution in [0, 0.1) is 0 Å². The van der Waals surface area contributed by atoms with Crippen molar-refractivity contribution in [1.29, 1.82) is 0 Å². The zero-order valence-electron chi connectivity index (χ0n) is 12.6. The van der Waals surface area contributed by atoms with Gasteiger partial charge in [0, 0.05) is 25.7 Å². The van der Waals surface area contributed by atoms with Crippen molar-refractivity contribution in [3.05, 3.63) is 29.8 Å². The summed E-state index contributed by atoms with van der Waals surface area (Å²) in [4.78, 5) is 2.31. The van der Waals surface area contributed by atoms with E-state index >= 15 is 0 Å². The highest BCUT2D eigenvalue weighted by Crippen LogP contribution is 2.24. The van der Waals surface area contributed by atoms with E-state index in [0.717, 1.165) is 37.4 Å². The Morgan fingerprint density at radius 1 is 1.35 bits per heavy atom. The van der Waals surface area contributed by atoms with Crippen LogP contribution in [0.4, 0.5) is 0 Å². The van der Waals surface area contributed by atoms with Crippen LogP contribution in [0.1, 0.15) is 31.9 Å². The van der Waals surface area contributed by atoms with Gasteiger partial charge in [0.05, 0.1) is 19.3 Å². The third-order valence-corrected chi connectivity index (χ3v) is 3.97. The first kappa shape index (κ1) is 15.3. The van der Waals surface area contributed by atoms with E-state index in [2.05, 4.69) is 18.7 Å². The van der Waals surface area contributed by atoms with Crippen LogP contribution in [0.3, 0.4) is 0 Å². The molecule has 112 valence electrons. The van der Waals surface area contributed by atoms with Crippen LogP contribution < -0.4 is 4.74 Å². The molecule has 1 saturated heterocycles. The van der Waals surface area contributed by atoms with E-state index in [4.69, 9.17) is 9.47 Å². The van der Waals surface area contributed by atoms with E-state index in [1.54, 1.807) is 7.11 Å². The number of rotatable bonds is 4. The molecule has 2 rings (SSSR count). The van der Waals surface area contributed by atoms with Gasteiger partial charge in [0.2, 0.25) is 0 Å². The Balaban J connectivity index is 2.04. The maximum absolute atomic E-state index is 10.6. The minimum atomic E-state index is -0.494. The van der Waals surface area contributed by atoms with E-state index < -0.39 is 6.10 Å². The Labute approximate surface area is 121 Å². The van der Waals surface area contributed by atoms with Crippen molar-refractivity contribution in [1.82, 2.24) is 4.90 Å². The topological polar surface area (TPSA) is 41.9 Å². The van der Waals surface area contributed by atoms with Gasteiger partial charge >= 0.3 is 0 Å². The molecule has 1 heterocycles. The van der Waals surface area contributed by atoms with Crippen molar-refractivity contribution in [3.63, 3.8) is 0 Å². The molecule has 3 unspecified atom stereocenters. The minimum Gasteiger partial charge on any atom is -0.497 e. The molecule has 1 N–H and O–H groups in total. The van der Waals surface area contributed by atoms with Gasteiger partial charge in [-0.3, -0.25) is 4.90 Å². The molecule has 4 heteroatoms. The fraction of sp³-hybridized carbons (Fsp3) is 0.625. The standard InChI is InChI=1S/C16H25NO3/c1-12-11-17(9-4-10-20-12)13(2)16(18)14-5-7-15(19-3)8-6-14/h5-8,12-13,16,18H,4,9-11H2,1-3H3. The normalized spacial score (nSPS) is 23.9. The highest BCUT2D eigenvalue weighted by atomic mass is 16.5. The average Bonchev–Trinajstić information content (AvgIpc) is 2.70. The third kappa shape index (κ3) is 3.72. The molecule has 4 nitrogen and oxygen atoms in total. The fourth-order valence-corrected chi connectivity index (χ4v) is 2.68. The van der Waals surface area contributed by atoms with Crippen LogP contribution in [0.5, 0.6) is 5.75 Å². The zero-order valence-corrected chi connectivity index (χ0v) is 12.6. The van der Waals surface area contributed by atoms with Gasteiger partial charge in [-0.2, -0.15) is 0 Å². The van der Waals surface area contributed by atoms with Crippen LogP contribution in [0.25, 0.3) is 0 Å². The summed E-state index contributed by atoms with van der Waals surface area (Å²) in [5.41, 5.74) is 0.927. The van der Waals surface area contributed by atoms with Crippen molar-refractivity contribution in [2.75, 3.05) is 26.8 Å². The lowest BCUT2D eigenvalue weighted by molar-refractivity contribution is 0.0303. The SMILES string of the molecule is COc1ccc(C(O)C(C)N2CCCOC(C)C2)cc1. The molecule has 1 aromatic rings. The van der Waals surface area contributed by atoms with Crippen LogP contribution in [-0.2, 0) is 4.74 Å². The Kier molecular flexibility index (Phi) is 5.40. The smallest absolute Gasteiger partial charge is 0.118 e. The Bertz CT molecular complexity index is 407. The summed E-state index contributed by atoms with van der Waals surface area (Å²) in [7, 11) is 1.65. The maximum atomic E-state index is 10.6. The van der Waals surface area contributed by atoms with Gasteiger partial charge in [0.25, 0.3) is 0 Å². The second kappa shape index (κ2) is 7.07. The number of aliphatic hydroxyl groups excluding tert-OH is 1. The molecular weight excluding hydrogens is 254 g/mol. The van der Waals surface area contributed by atoms with E-state index in [1.807, 2.05) is 24.3 Å². The van der Waals surface area contributed by atoms with Crippen molar-refractivity contribution in [2.24, 2.45) is 0 Å². The average molecular weight is 279 g/mol. The van der Waals surface area contributed by atoms with Crippen molar-refractivity contribution < 1.29 is 14.6 Å². The van der Waals surface area contributed by atoms with E-state index in [1.165, 1.54) is 0 Å². The molecule has 0 aromatic heterocycles. The zero-order chi connectivity index (χ0) is 14.5. The minimum absolute atomic E-state index is 0.0764. The van der Waals surface area contributed by atoms with Crippen LogP contribution in [0.15, 0.2) is 24.3 Å². The van der Waals surface area contributed by atoms with Crippen LogP contribution in [-0.4, -0.2) is 49.0 Å². The van der Waals surface area contributed by atoms with Gasteiger partial charge in [-0.15, -0.1) is 0 Å². The molecule has 1 aliphatic heterocycles. The molecular formula is C16H25NO3. The molecule has 0 amide bonds. The Morgan fingerprint density at radius 2 is 2.05 bits per heavy atom. The number of nitrogens with zero attached hydrogens (tertiary/aromatic N) is 1. The lowest BCUT2D eigenvalue weighted by Crippen LogP contribution is -2.41. The summed E-state index contributed by atoms with van der Waals surface area (Å²) in [6, 6.07) is 7.71. The summed E-state index contributed by atoms with van der Waals surface area (Å²) >= 11 is 0. The van der Waals surface area contributed by atoms with Crippen molar-refractivity contribution in [3.8, 4) is 5.75 Å². The molecule has 0 aliphatic carbocycles. The molecule has 0 saturated carbocycles. The van der Waals surface area contributed by atoms with Gasteiger partial charge in [0.15, 0.2) is 0 Å².